The van der Waals surface area contributed by atoms with Crippen LogP contribution in [0.3, 0.4) is 0 Å². The molecule has 2 aromatic carbocycles. The number of allylic oxidation sites excluding steroid dienone is 4. The molecule has 2 unspecified atom stereocenters. The highest BCUT2D eigenvalue weighted by atomic mass is 14.5. The maximum absolute atomic E-state index is 2.70. The molecule has 0 aromatic heterocycles. The average molecular weight is 465 g/mol. The van der Waals surface area contributed by atoms with Crippen molar-refractivity contribution >= 4 is 11.1 Å². The largest absolute Gasteiger partial charge is 0.0726 e. The Morgan fingerprint density at radius 1 is 0.571 bits per heavy atom. The minimum Gasteiger partial charge on any atom is -0.0726 e. The summed E-state index contributed by atoms with van der Waals surface area (Å²) in [5, 5.41) is 0. The number of benzene rings is 2. The van der Waals surface area contributed by atoms with Gasteiger partial charge in [-0.15, -0.1) is 0 Å². The summed E-state index contributed by atoms with van der Waals surface area (Å²) in [6.45, 7) is 5.10. The van der Waals surface area contributed by atoms with Gasteiger partial charge in [-0.1, -0.05) is 139 Å². The normalized spacial score (nSPS) is 25.2. The molecule has 0 nitrogen and oxygen atoms in total. The van der Waals surface area contributed by atoms with Crippen LogP contribution in [0.1, 0.15) is 125 Å². The SMILES string of the molecule is CC(C)(C1C=C(CC2CCCCC2)c2ccccc21)C1C=C(CC2CCCCC2)c2ccccc21. The van der Waals surface area contributed by atoms with Crippen LogP contribution in [0, 0.1) is 17.3 Å². The highest BCUT2D eigenvalue weighted by molar-refractivity contribution is 5.78. The average Bonchev–Trinajstić information content (AvgIpc) is 3.45. The Balaban J connectivity index is 1.32. The Morgan fingerprint density at radius 2 is 0.971 bits per heavy atom. The van der Waals surface area contributed by atoms with Gasteiger partial charge in [-0.05, 0) is 63.5 Å². The van der Waals surface area contributed by atoms with Crippen LogP contribution in [-0.4, -0.2) is 0 Å². The summed E-state index contributed by atoms with van der Waals surface area (Å²) in [6, 6.07) is 18.7. The molecule has 2 aromatic rings. The summed E-state index contributed by atoms with van der Waals surface area (Å²) >= 11 is 0. The molecule has 2 saturated carbocycles. The van der Waals surface area contributed by atoms with E-state index in [0.29, 0.717) is 11.8 Å². The van der Waals surface area contributed by atoms with Crippen molar-refractivity contribution in [2.45, 2.75) is 103 Å². The van der Waals surface area contributed by atoms with Crippen molar-refractivity contribution in [2.75, 3.05) is 0 Å². The molecule has 0 radical (unpaired) electrons. The molecule has 0 bridgehead atoms. The predicted molar refractivity (Wildman–Crippen MR) is 150 cm³/mol. The summed E-state index contributed by atoms with van der Waals surface area (Å²) in [4.78, 5) is 0. The Morgan fingerprint density at radius 3 is 1.40 bits per heavy atom. The highest BCUT2D eigenvalue weighted by Crippen LogP contribution is 2.57. The van der Waals surface area contributed by atoms with Crippen LogP contribution in [0.2, 0.25) is 0 Å². The number of fused-ring (bicyclic) bond motifs is 2. The van der Waals surface area contributed by atoms with E-state index < -0.39 is 0 Å². The Kier molecular flexibility index (Phi) is 6.50. The molecule has 0 heterocycles. The van der Waals surface area contributed by atoms with Crippen molar-refractivity contribution in [2.24, 2.45) is 17.3 Å². The summed E-state index contributed by atoms with van der Waals surface area (Å²) in [6.07, 6.45) is 22.3. The molecule has 0 aliphatic heterocycles. The van der Waals surface area contributed by atoms with Gasteiger partial charge in [0.1, 0.15) is 0 Å². The van der Waals surface area contributed by atoms with E-state index in [-0.39, 0.29) is 5.41 Å². The highest BCUT2D eigenvalue weighted by Gasteiger charge is 2.43. The van der Waals surface area contributed by atoms with E-state index in [0.717, 1.165) is 11.8 Å². The van der Waals surface area contributed by atoms with Crippen LogP contribution >= 0.6 is 0 Å². The molecule has 0 N–H and O–H groups in total. The third-order valence-electron chi connectivity index (χ3n) is 10.1. The van der Waals surface area contributed by atoms with Crippen molar-refractivity contribution in [1.29, 1.82) is 0 Å². The minimum absolute atomic E-state index is 0.148. The molecule has 2 atom stereocenters. The lowest BCUT2D eigenvalue weighted by Gasteiger charge is -2.37. The Bertz CT molecular complexity index is 1010. The topological polar surface area (TPSA) is 0 Å². The van der Waals surface area contributed by atoms with Crippen molar-refractivity contribution in [3.63, 3.8) is 0 Å². The van der Waals surface area contributed by atoms with Crippen LogP contribution in [-0.2, 0) is 0 Å². The fraction of sp³-hybridized carbons (Fsp3) is 0.543. The second-order valence-electron chi connectivity index (χ2n) is 12.8. The molecule has 6 rings (SSSR count). The maximum Gasteiger partial charge on any atom is 0.00901 e. The van der Waals surface area contributed by atoms with Crippen molar-refractivity contribution in [1.82, 2.24) is 0 Å². The minimum atomic E-state index is 0.148. The van der Waals surface area contributed by atoms with Crippen LogP contribution in [0.4, 0.5) is 0 Å². The van der Waals surface area contributed by atoms with Gasteiger partial charge >= 0.3 is 0 Å². The lowest BCUT2D eigenvalue weighted by Crippen LogP contribution is -2.26. The third kappa shape index (κ3) is 4.47. The second kappa shape index (κ2) is 9.76. The van der Waals surface area contributed by atoms with Crippen LogP contribution < -0.4 is 0 Å². The Hall–Kier alpha value is -2.08. The van der Waals surface area contributed by atoms with Crippen molar-refractivity contribution < 1.29 is 0 Å². The fourth-order valence-electron chi connectivity index (χ4n) is 8.07. The molecule has 184 valence electrons. The van der Waals surface area contributed by atoms with Gasteiger partial charge in [0.25, 0.3) is 0 Å². The van der Waals surface area contributed by atoms with Gasteiger partial charge in [0.05, 0.1) is 0 Å². The zero-order chi connectivity index (χ0) is 23.8. The summed E-state index contributed by atoms with van der Waals surface area (Å²) in [5.74, 6) is 2.75. The lowest BCUT2D eigenvalue weighted by atomic mass is 9.66. The molecule has 4 aliphatic rings. The van der Waals surface area contributed by atoms with Gasteiger partial charge in [0, 0.05) is 11.8 Å². The summed E-state index contributed by atoms with van der Waals surface area (Å²) in [7, 11) is 0. The molecule has 35 heavy (non-hydrogen) atoms. The summed E-state index contributed by atoms with van der Waals surface area (Å²) in [5.41, 5.74) is 9.69. The van der Waals surface area contributed by atoms with E-state index in [1.54, 1.807) is 33.4 Å². The van der Waals surface area contributed by atoms with E-state index >= 15 is 0 Å². The molecule has 0 spiro atoms. The molecule has 0 heteroatoms. The first-order valence-corrected chi connectivity index (χ1v) is 14.7. The van der Waals surface area contributed by atoms with E-state index in [9.17, 15) is 0 Å². The van der Waals surface area contributed by atoms with Crippen LogP contribution in [0.5, 0.6) is 0 Å². The smallest absolute Gasteiger partial charge is 0.00901 e. The fourth-order valence-corrected chi connectivity index (χ4v) is 8.07. The van der Waals surface area contributed by atoms with Gasteiger partial charge in [-0.3, -0.25) is 0 Å². The predicted octanol–water partition coefficient (Wildman–Crippen LogP) is 10.3. The first kappa shape index (κ1) is 23.3. The van der Waals surface area contributed by atoms with Crippen molar-refractivity contribution in [3.05, 3.63) is 82.9 Å². The monoisotopic (exact) mass is 464 g/mol. The van der Waals surface area contributed by atoms with Gasteiger partial charge in [0.15, 0.2) is 0 Å². The van der Waals surface area contributed by atoms with E-state index in [2.05, 4.69) is 74.5 Å². The van der Waals surface area contributed by atoms with Crippen LogP contribution in [0.25, 0.3) is 11.1 Å². The molecule has 0 saturated heterocycles. The van der Waals surface area contributed by atoms with Gasteiger partial charge in [-0.2, -0.15) is 0 Å². The lowest BCUT2D eigenvalue weighted by molar-refractivity contribution is 0.291. The molecule has 0 amide bonds. The summed E-state index contributed by atoms with van der Waals surface area (Å²) < 4.78 is 0. The number of hydrogen-bond acceptors (Lipinski definition) is 0. The quantitative estimate of drug-likeness (QED) is 0.399. The van der Waals surface area contributed by atoms with E-state index in [1.165, 1.54) is 77.0 Å². The first-order valence-electron chi connectivity index (χ1n) is 14.7. The first-order chi connectivity index (χ1) is 17.1. The Labute approximate surface area is 213 Å². The van der Waals surface area contributed by atoms with E-state index in [1.807, 2.05) is 0 Å². The second-order valence-corrected chi connectivity index (χ2v) is 12.8. The maximum atomic E-state index is 2.70. The molecule has 4 aliphatic carbocycles. The molecule has 2 fully saturated rings. The zero-order valence-electron chi connectivity index (χ0n) is 22.1. The van der Waals surface area contributed by atoms with Crippen LogP contribution in [0.15, 0.2) is 60.7 Å². The van der Waals surface area contributed by atoms with Crippen molar-refractivity contribution in [3.8, 4) is 0 Å². The number of hydrogen-bond donors (Lipinski definition) is 0. The van der Waals surface area contributed by atoms with E-state index in [4.69, 9.17) is 0 Å². The molecular weight excluding hydrogens is 420 g/mol. The standard InChI is InChI=1S/C35H44/c1-35(2,33-23-27(21-25-13-5-3-6-14-25)29-17-9-11-19-31(29)33)34-24-28(22-26-15-7-4-8-16-26)30-18-10-12-20-32(30)34/h9-12,17-20,23-26,33-34H,3-8,13-16,21-22H2,1-2H3. The zero-order valence-corrected chi connectivity index (χ0v) is 22.1. The van der Waals surface area contributed by atoms with Gasteiger partial charge in [0.2, 0.25) is 0 Å². The number of rotatable bonds is 6. The van der Waals surface area contributed by atoms with Gasteiger partial charge in [-0.25, -0.2) is 0 Å². The molecular formula is C35H44. The third-order valence-corrected chi connectivity index (χ3v) is 10.1. The van der Waals surface area contributed by atoms with Gasteiger partial charge < -0.3 is 0 Å².